The van der Waals surface area contributed by atoms with E-state index in [1.807, 2.05) is 86.0 Å². The molecule has 0 bridgehead atoms. The fourth-order valence-electron chi connectivity index (χ4n) is 6.31. The van der Waals surface area contributed by atoms with Crippen LogP contribution in [0, 0.1) is 6.85 Å². The number of aromatic nitrogens is 3. The van der Waals surface area contributed by atoms with Crippen LogP contribution >= 0.6 is 0 Å². The molecular weight excluding hydrogens is 623 g/mol. The normalized spacial score (nSPS) is 14.9. The highest BCUT2D eigenvalue weighted by Crippen LogP contribution is 2.41. The van der Waals surface area contributed by atoms with Crippen LogP contribution in [-0.2, 0) is 5.41 Å². The molecule has 2 aromatic heterocycles. The molecule has 8 aromatic rings. The Kier molecular flexibility index (Phi) is 5.49. The van der Waals surface area contributed by atoms with Crippen LogP contribution in [0.4, 0.5) is 0 Å². The van der Waals surface area contributed by atoms with E-state index >= 15 is 0 Å². The van der Waals surface area contributed by atoms with Crippen LogP contribution in [0.2, 0.25) is 0 Å². The standard InChI is InChI=1S/C47H39N3O/c1-31-22-23-42(40(26-31)33-16-9-6-10-17-33)50-43-20-13-19-38(45(43)49-46(50)39-18-11-12-21-44(39)51)35-27-36(29-37(28-35)47(2,3)4)41-30-34(24-25-48-41)32-14-7-5-8-15-32/h5-30,51H,1-4H3/i1D3,5D,7D,8D,14D,15D,24D,25D,30D. The summed E-state index contributed by atoms with van der Waals surface area (Å²) in [5.41, 5.74) is 5.16. The predicted octanol–water partition coefficient (Wildman–Crippen LogP) is 12.1. The number of rotatable bonds is 6. The van der Waals surface area contributed by atoms with E-state index in [-0.39, 0.29) is 34.2 Å². The quantitative estimate of drug-likeness (QED) is 0.191. The van der Waals surface area contributed by atoms with Crippen molar-refractivity contribution in [3.63, 3.8) is 0 Å². The van der Waals surface area contributed by atoms with E-state index in [1.54, 1.807) is 48.5 Å². The Bertz CT molecular complexity index is 3070. The molecule has 0 amide bonds. The summed E-state index contributed by atoms with van der Waals surface area (Å²) in [6.07, 6.45) is -0.535. The van der Waals surface area contributed by atoms with Gasteiger partial charge in [0.15, 0.2) is 0 Å². The maximum absolute atomic E-state index is 11.3. The van der Waals surface area contributed by atoms with Crippen molar-refractivity contribution in [2.75, 3.05) is 0 Å². The highest BCUT2D eigenvalue weighted by Gasteiger charge is 2.23. The Balaban J connectivity index is 1.43. The smallest absolute Gasteiger partial charge is 0.149 e. The zero-order chi connectivity index (χ0) is 44.6. The van der Waals surface area contributed by atoms with E-state index in [9.17, 15) is 6.48 Å². The number of hydrogen-bond acceptors (Lipinski definition) is 3. The number of aryl methyl sites for hydroxylation is 1. The van der Waals surface area contributed by atoms with Crippen LogP contribution in [-0.4, -0.2) is 19.6 Å². The average molecular weight is 673 g/mol. The van der Waals surface area contributed by atoms with Crippen LogP contribution in [0.1, 0.15) is 47.0 Å². The second-order valence-corrected chi connectivity index (χ2v) is 13.3. The van der Waals surface area contributed by atoms with Gasteiger partial charge in [-0.3, -0.25) is 9.55 Å². The van der Waals surface area contributed by atoms with Gasteiger partial charge in [-0.25, -0.2) is 4.98 Å². The molecule has 0 aliphatic rings. The monoisotopic (exact) mass is 672 g/mol. The molecule has 0 spiro atoms. The largest absolute Gasteiger partial charge is 0.507 e. The Labute approximate surface area is 314 Å². The summed E-state index contributed by atoms with van der Waals surface area (Å²) in [7, 11) is 0. The Morgan fingerprint density at radius 1 is 0.667 bits per heavy atom. The Morgan fingerprint density at radius 3 is 2.22 bits per heavy atom. The molecule has 51 heavy (non-hydrogen) atoms. The van der Waals surface area contributed by atoms with Crippen molar-refractivity contribution in [2.45, 2.75) is 33.0 Å². The van der Waals surface area contributed by atoms with Crippen LogP contribution < -0.4 is 0 Å². The summed E-state index contributed by atoms with van der Waals surface area (Å²) in [6.45, 7) is 3.68. The molecule has 2 heterocycles. The van der Waals surface area contributed by atoms with E-state index in [0.717, 1.165) is 11.1 Å². The number of phenols is 1. The molecule has 0 aliphatic carbocycles. The molecule has 0 atom stereocenters. The van der Waals surface area contributed by atoms with Gasteiger partial charge in [0.2, 0.25) is 0 Å². The highest BCUT2D eigenvalue weighted by molar-refractivity contribution is 5.97. The molecule has 248 valence electrons. The third-order valence-electron chi connectivity index (χ3n) is 8.88. The van der Waals surface area contributed by atoms with Gasteiger partial charge in [-0.05, 0) is 94.6 Å². The van der Waals surface area contributed by atoms with Gasteiger partial charge >= 0.3 is 0 Å². The van der Waals surface area contributed by atoms with E-state index < -0.39 is 54.7 Å². The molecule has 0 unspecified atom stereocenters. The third kappa shape index (κ3) is 6.10. The van der Waals surface area contributed by atoms with Crippen LogP contribution in [0.3, 0.4) is 0 Å². The van der Waals surface area contributed by atoms with Crippen molar-refractivity contribution in [2.24, 2.45) is 0 Å². The average Bonchev–Trinajstić information content (AvgIpc) is 3.63. The molecule has 0 saturated heterocycles. The predicted molar refractivity (Wildman–Crippen MR) is 211 cm³/mol. The number of benzene rings is 6. The molecule has 0 fully saturated rings. The first-order valence-electron chi connectivity index (χ1n) is 22.0. The zero-order valence-corrected chi connectivity index (χ0v) is 28.2. The van der Waals surface area contributed by atoms with Crippen LogP contribution in [0.15, 0.2) is 158 Å². The molecule has 8 rings (SSSR count). The maximum Gasteiger partial charge on any atom is 0.149 e. The number of para-hydroxylation sites is 2. The van der Waals surface area contributed by atoms with Crippen LogP contribution in [0.25, 0.3) is 72.7 Å². The van der Waals surface area contributed by atoms with Crippen molar-refractivity contribution in [3.8, 4) is 67.5 Å². The molecule has 4 heteroatoms. The second kappa shape index (κ2) is 12.9. The lowest BCUT2D eigenvalue weighted by Gasteiger charge is -2.22. The van der Waals surface area contributed by atoms with Gasteiger partial charge in [-0.15, -0.1) is 0 Å². The lowest BCUT2D eigenvalue weighted by atomic mass is 9.83. The molecular formula is C47H39N3O. The minimum Gasteiger partial charge on any atom is -0.507 e. The minimum absolute atomic E-state index is 0.0176. The van der Waals surface area contributed by atoms with Gasteiger partial charge in [-0.2, -0.15) is 0 Å². The Morgan fingerprint density at radius 2 is 1.43 bits per heavy atom. The lowest BCUT2D eigenvalue weighted by molar-refractivity contribution is 0.477. The summed E-state index contributed by atoms with van der Waals surface area (Å²) >= 11 is 0. The molecule has 6 aromatic carbocycles. The zero-order valence-electron chi connectivity index (χ0n) is 39.2. The third-order valence-corrected chi connectivity index (χ3v) is 8.88. The molecule has 0 aliphatic heterocycles. The molecule has 0 saturated carbocycles. The van der Waals surface area contributed by atoms with Crippen molar-refractivity contribution < 1.29 is 20.2 Å². The summed E-state index contributed by atoms with van der Waals surface area (Å²) in [6, 6.07) is 28.6. The number of hydrogen-bond donors (Lipinski definition) is 1. The van der Waals surface area contributed by atoms with Gasteiger partial charge in [-0.1, -0.05) is 123 Å². The topological polar surface area (TPSA) is 50.9 Å². The van der Waals surface area contributed by atoms with E-state index in [4.69, 9.17) is 18.7 Å². The lowest BCUT2D eigenvalue weighted by Crippen LogP contribution is -2.11. The fraction of sp³-hybridized carbons (Fsp3) is 0.106. The molecule has 4 nitrogen and oxygen atoms in total. The second-order valence-electron chi connectivity index (χ2n) is 13.3. The molecule has 1 N–H and O–H groups in total. The number of imidazole rings is 1. The first-order chi connectivity index (χ1) is 29.3. The number of fused-ring (bicyclic) bond motifs is 1. The number of pyridine rings is 1. The SMILES string of the molecule is [2H]c1nc(-c2cc(-c3cccc4c3nc(-c3ccccc3O)n4-c3ccc(C([2H])([2H])[2H])cc3-c3ccccc3)cc(C(C)(C)C)c2)c([2H])c(-c2c([2H])c([2H])c([2H])c([2H])c2[2H])c1[2H]. The maximum atomic E-state index is 11.3. The van der Waals surface area contributed by atoms with Gasteiger partial charge in [0.05, 0.1) is 38.9 Å². The van der Waals surface area contributed by atoms with Gasteiger partial charge < -0.3 is 5.11 Å². The van der Waals surface area contributed by atoms with Gasteiger partial charge in [0.25, 0.3) is 0 Å². The van der Waals surface area contributed by atoms with Crippen molar-refractivity contribution >= 4 is 11.0 Å². The van der Waals surface area contributed by atoms with Crippen LogP contribution in [0.5, 0.6) is 5.75 Å². The van der Waals surface area contributed by atoms with Crippen molar-refractivity contribution in [1.29, 1.82) is 0 Å². The summed E-state index contributed by atoms with van der Waals surface area (Å²) < 4.78 is 95.3. The number of aromatic hydroxyl groups is 1. The Hall–Kier alpha value is -6.26. The van der Waals surface area contributed by atoms with Gasteiger partial charge in [0, 0.05) is 27.0 Å². The fourth-order valence-corrected chi connectivity index (χ4v) is 6.31. The highest BCUT2D eigenvalue weighted by atomic mass is 16.3. The van der Waals surface area contributed by atoms with E-state index in [1.165, 1.54) is 0 Å². The number of nitrogens with zero attached hydrogens (tertiary/aromatic N) is 3. The molecule has 0 radical (unpaired) electrons. The summed E-state index contributed by atoms with van der Waals surface area (Å²) in [4.78, 5) is 9.62. The first-order valence-corrected chi connectivity index (χ1v) is 16.5. The van der Waals surface area contributed by atoms with Gasteiger partial charge in [0.1, 0.15) is 11.6 Å². The summed E-state index contributed by atoms with van der Waals surface area (Å²) in [5.74, 6) is 0.371. The first kappa shape index (κ1) is 21.7. The van der Waals surface area contributed by atoms with Crippen molar-refractivity contribution in [3.05, 3.63) is 169 Å². The summed E-state index contributed by atoms with van der Waals surface area (Å²) in [5, 5.41) is 11.3. The van der Waals surface area contributed by atoms with E-state index in [0.29, 0.717) is 50.4 Å². The van der Waals surface area contributed by atoms with E-state index in [2.05, 4.69) is 4.98 Å². The number of phenolic OH excluding ortho intramolecular Hbond substituents is 1. The minimum atomic E-state index is -2.38. The van der Waals surface area contributed by atoms with Crippen molar-refractivity contribution in [1.82, 2.24) is 14.5 Å².